The van der Waals surface area contributed by atoms with Gasteiger partial charge in [0.15, 0.2) is 5.69 Å². The number of hydrogen-bond acceptors (Lipinski definition) is 4. The molecule has 1 saturated carbocycles. The van der Waals surface area contributed by atoms with Gasteiger partial charge in [0, 0.05) is 30.4 Å². The van der Waals surface area contributed by atoms with E-state index >= 15 is 0 Å². The number of carbonyl (C=O) groups excluding carboxylic acids is 1. The van der Waals surface area contributed by atoms with Gasteiger partial charge in [0.2, 0.25) is 10.0 Å². The van der Waals surface area contributed by atoms with Crippen LogP contribution in [0.3, 0.4) is 0 Å². The summed E-state index contributed by atoms with van der Waals surface area (Å²) >= 11 is 0. The largest absolute Gasteiger partial charge is 0.321 e. The van der Waals surface area contributed by atoms with Crippen molar-refractivity contribution in [3.05, 3.63) is 41.7 Å². The summed E-state index contributed by atoms with van der Waals surface area (Å²) in [4.78, 5) is 13.1. The van der Waals surface area contributed by atoms with Gasteiger partial charge in [-0.25, -0.2) is 8.42 Å². The molecule has 1 N–H and O–H groups in total. The third kappa shape index (κ3) is 4.85. The maximum Gasteiger partial charge on any atom is 0.276 e. The molecular weight excluding hydrogens is 412 g/mol. The summed E-state index contributed by atoms with van der Waals surface area (Å²) in [5.74, 6) is 0.143. The molecule has 7 nitrogen and oxygen atoms in total. The van der Waals surface area contributed by atoms with Crippen molar-refractivity contribution < 1.29 is 13.2 Å². The van der Waals surface area contributed by atoms with Crippen LogP contribution in [0.4, 0.5) is 5.69 Å². The summed E-state index contributed by atoms with van der Waals surface area (Å²) in [7, 11) is -3.57. The van der Waals surface area contributed by atoms with Gasteiger partial charge in [-0.2, -0.15) is 9.40 Å². The number of nitrogens with one attached hydrogen (secondary N) is 1. The highest BCUT2D eigenvalue weighted by atomic mass is 32.2. The second kappa shape index (κ2) is 8.39. The highest BCUT2D eigenvalue weighted by Gasteiger charge is 2.32. The molecule has 4 rings (SSSR count). The Morgan fingerprint density at radius 1 is 1.06 bits per heavy atom. The fourth-order valence-electron chi connectivity index (χ4n) is 4.07. The van der Waals surface area contributed by atoms with Crippen LogP contribution in [0.1, 0.15) is 81.4 Å². The first-order valence-electron chi connectivity index (χ1n) is 11.2. The van der Waals surface area contributed by atoms with Crippen LogP contribution in [0.15, 0.2) is 35.2 Å². The Kier molecular flexibility index (Phi) is 5.96. The zero-order valence-electron chi connectivity index (χ0n) is 18.6. The van der Waals surface area contributed by atoms with Gasteiger partial charge in [-0.3, -0.25) is 9.48 Å². The van der Waals surface area contributed by atoms with Crippen LogP contribution in [-0.4, -0.2) is 41.5 Å². The van der Waals surface area contributed by atoms with E-state index in [0.717, 1.165) is 44.2 Å². The standard InChI is InChI=1S/C23H32N4O3S/c1-23(2,3)27-21(17-11-12-17)16-20(25-27)22(28)24-18-9-8-10-19(15-18)31(29,30)26-13-6-4-5-7-14-26/h8-10,15-17H,4-7,11-14H2,1-3H3,(H,24,28). The topological polar surface area (TPSA) is 84.3 Å². The van der Waals surface area contributed by atoms with Gasteiger partial charge in [0.25, 0.3) is 5.91 Å². The first-order chi connectivity index (χ1) is 14.7. The number of amides is 1. The second-order valence-corrected chi connectivity index (χ2v) is 11.5. The van der Waals surface area contributed by atoms with E-state index in [1.54, 1.807) is 28.6 Å². The number of rotatable bonds is 5. The lowest BCUT2D eigenvalue weighted by atomic mass is 10.1. The molecule has 8 heteroatoms. The molecule has 0 radical (unpaired) electrons. The Bertz CT molecular complexity index is 1060. The zero-order valence-corrected chi connectivity index (χ0v) is 19.4. The van der Waals surface area contributed by atoms with Gasteiger partial charge in [-0.05, 0) is 70.7 Å². The molecule has 1 aromatic carbocycles. The lowest BCUT2D eigenvalue weighted by Crippen LogP contribution is -2.32. The molecule has 2 fully saturated rings. The lowest BCUT2D eigenvalue weighted by Gasteiger charge is -2.22. The molecular formula is C23H32N4O3S. The molecule has 0 spiro atoms. The molecule has 1 aromatic heterocycles. The van der Waals surface area contributed by atoms with E-state index in [-0.39, 0.29) is 16.3 Å². The van der Waals surface area contributed by atoms with Gasteiger partial charge in [0.05, 0.1) is 10.4 Å². The van der Waals surface area contributed by atoms with Crippen molar-refractivity contribution in [2.24, 2.45) is 0 Å². The molecule has 168 valence electrons. The van der Waals surface area contributed by atoms with E-state index in [0.29, 0.717) is 30.4 Å². The fourth-order valence-corrected chi connectivity index (χ4v) is 5.64. The van der Waals surface area contributed by atoms with Crippen molar-refractivity contribution in [3.8, 4) is 0 Å². The maximum atomic E-state index is 13.1. The molecule has 1 saturated heterocycles. The Hall–Kier alpha value is -2.19. The highest BCUT2D eigenvalue weighted by Crippen LogP contribution is 2.41. The maximum absolute atomic E-state index is 13.1. The van der Waals surface area contributed by atoms with Crippen molar-refractivity contribution >= 4 is 21.6 Å². The number of carbonyl (C=O) groups is 1. The number of aromatic nitrogens is 2. The fraction of sp³-hybridized carbons (Fsp3) is 0.565. The van der Waals surface area contributed by atoms with Crippen molar-refractivity contribution in [1.82, 2.24) is 14.1 Å². The Morgan fingerprint density at radius 2 is 1.74 bits per heavy atom. The van der Waals surface area contributed by atoms with E-state index in [2.05, 4.69) is 31.2 Å². The summed E-state index contributed by atoms with van der Waals surface area (Å²) < 4.78 is 29.7. The van der Waals surface area contributed by atoms with E-state index in [4.69, 9.17) is 0 Å². The number of benzene rings is 1. The van der Waals surface area contributed by atoms with E-state index < -0.39 is 10.0 Å². The Balaban J connectivity index is 1.55. The van der Waals surface area contributed by atoms with Crippen LogP contribution in [0.5, 0.6) is 0 Å². The van der Waals surface area contributed by atoms with E-state index in [1.807, 2.05) is 10.7 Å². The van der Waals surface area contributed by atoms with Crippen LogP contribution in [0.2, 0.25) is 0 Å². The molecule has 1 amide bonds. The summed E-state index contributed by atoms with van der Waals surface area (Å²) in [6, 6.07) is 8.39. The SMILES string of the molecule is CC(C)(C)n1nc(C(=O)Nc2cccc(S(=O)(=O)N3CCCCCC3)c2)cc1C1CC1. The first kappa shape index (κ1) is 22.0. The third-order valence-electron chi connectivity index (χ3n) is 5.90. The number of anilines is 1. The predicted molar refractivity (Wildman–Crippen MR) is 121 cm³/mol. The average molecular weight is 445 g/mol. The third-order valence-corrected chi connectivity index (χ3v) is 7.79. The first-order valence-corrected chi connectivity index (χ1v) is 12.6. The van der Waals surface area contributed by atoms with Gasteiger partial charge < -0.3 is 5.32 Å². The number of hydrogen-bond donors (Lipinski definition) is 1. The molecule has 0 bridgehead atoms. The highest BCUT2D eigenvalue weighted by molar-refractivity contribution is 7.89. The minimum absolute atomic E-state index is 0.211. The molecule has 1 aliphatic heterocycles. The smallest absolute Gasteiger partial charge is 0.276 e. The van der Waals surface area contributed by atoms with Gasteiger partial charge >= 0.3 is 0 Å². The summed E-state index contributed by atoms with van der Waals surface area (Å²) in [6.45, 7) is 7.32. The molecule has 0 atom stereocenters. The minimum atomic E-state index is -3.57. The number of sulfonamides is 1. The number of nitrogens with zero attached hydrogens (tertiary/aromatic N) is 3. The second-order valence-electron chi connectivity index (χ2n) is 9.61. The average Bonchev–Trinajstić information content (AvgIpc) is 3.50. The van der Waals surface area contributed by atoms with E-state index in [9.17, 15) is 13.2 Å². The van der Waals surface area contributed by atoms with E-state index in [1.165, 1.54) is 0 Å². The van der Waals surface area contributed by atoms with Crippen LogP contribution < -0.4 is 5.32 Å². The molecule has 1 aliphatic carbocycles. The predicted octanol–water partition coefficient (Wildman–Crippen LogP) is 4.33. The van der Waals surface area contributed by atoms with Crippen molar-refractivity contribution in [2.75, 3.05) is 18.4 Å². The van der Waals surface area contributed by atoms with Crippen LogP contribution >= 0.6 is 0 Å². The molecule has 31 heavy (non-hydrogen) atoms. The summed E-state index contributed by atoms with van der Waals surface area (Å²) in [6.07, 6.45) is 6.14. The van der Waals surface area contributed by atoms with Crippen LogP contribution in [0.25, 0.3) is 0 Å². The van der Waals surface area contributed by atoms with Gasteiger partial charge in [0.1, 0.15) is 0 Å². The van der Waals surface area contributed by atoms with Crippen LogP contribution in [-0.2, 0) is 15.6 Å². The summed E-state index contributed by atoms with van der Waals surface area (Å²) in [5, 5.41) is 7.41. The molecule has 2 aromatic rings. The lowest BCUT2D eigenvalue weighted by molar-refractivity contribution is 0.102. The van der Waals surface area contributed by atoms with Gasteiger partial charge in [-0.15, -0.1) is 0 Å². The summed E-state index contributed by atoms with van der Waals surface area (Å²) in [5.41, 5.74) is 1.70. The molecule has 2 heterocycles. The van der Waals surface area contributed by atoms with Crippen LogP contribution in [0, 0.1) is 0 Å². The monoisotopic (exact) mass is 444 g/mol. The Morgan fingerprint density at radius 3 is 2.35 bits per heavy atom. The van der Waals surface area contributed by atoms with Crippen molar-refractivity contribution in [2.45, 2.75) is 75.6 Å². The molecule has 0 unspecified atom stereocenters. The van der Waals surface area contributed by atoms with Crippen molar-refractivity contribution in [3.63, 3.8) is 0 Å². The quantitative estimate of drug-likeness (QED) is 0.744. The van der Waals surface area contributed by atoms with Crippen molar-refractivity contribution in [1.29, 1.82) is 0 Å². The zero-order chi connectivity index (χ0) is 22.2. The van der Waals surface area contributed by atoms with Gasteiger partial charge in [-0.1, -0.05) is 18.9 Å². The minimum Gasteiger partial charge on any atom is -0.321 e. The Labute approximate surface area is 184 Å². The normalized spacial score (nSPS) is 18.5. The molecule has 2 aliphatic rings.